The minimum Gasteiger partial charge on any atom is -0.391 e. The maximum Gasteiger partial charge on any atom is 0.416 e. The fraction of sp³-hybridized carbons (Fsp3) is 0.400. The SMILES string of the molecule is CC(C)(C)c1nn(-c2ccc(C(F)(F)F)cc2)c(Cl)c1CO. The van der Waals surface area contributed by atoms with E-state index in [1.54, 1.807) is 0 Å². The van der Waals surface area contributed by atoms with Crippen molar-refractivity contribution in [1.82, 2.24) is 9.78 Å². The van der Waals surface area contributed by atoms with Crippen LogP contribution in [0.5, 0.6) is 0 Å². The highest BCUT2D eigenvalue weighted by Gasteiger charge is 2.30. The van der Waals surface area contributed by atoms with E-state index in [4.69, 9.17) is 11.6 Å². The third kappa shape index (κ3) is 3.13. The zero-order valence-corrected chi connectivity index (χ0v) is 13.1. The summed E-state index contributed by atoms with van der Waals surface area (Å²) in [4.78, 5) is 0. The molecule has 0 spiro atoms. The summed E-state index contributed by atoms with van der Waals surface area (Å²) >= 11 is 6.22. The highest BCUT2D eigenvalue weighted by atomic mass is 35.5. The van der Waals surface area contributed by atoms with Crippen LogP contribution in [0.4, 0.5) is 13.2 Å². The maximum atomic E-state index is 12.6. The minimum absolute atomic E-state index is 0.201. The molecule has 3 nitrogen and oxygen atoms in total. The third-order valence-electron chi connectivity index (χ3n) is 3.23. The van der Waals surface area contributed by atoms with Crippen LogP contribution in [0.2, 0.25) is 5.15 Å². The van der Waals surface area contributed by atoms with E-state index in [0.717, 1.165) is 12.1 Å². The molecule has 1 aromatic heterocycles. The van der Waals surface area contributed by atoms with E-state index in [9.17, 15) is 18.3 Å². The number of rotatable bonds is 2. The lowest BCUT2D eigenvalue weighted by molar-refractivity contribution is -0.137. The number of aliphatic hydroxyl groups excluding tert-OH is 1. The molecule has 120 valence electrons. The van der Waals surface area contributed by atoms with Crippen LogP contribution in [0.25, 0.3) is 5.69 Å². The highest BCUT2D eigenvalue weighted by molar-refractivity contribution is 6.30. The van der Waals surface area contributed by atoms with Gasteiger partial charge in [-0.1, -0.05) is 32.4 Å². The average Bonchev–Trinajstić information content (AvgIpc) is 2.74. The van der Waals surface area contributed by atoms with E-state index >= 15 is 0 Å². The standard InChI is InChI=1S/C15H16ClF3N2O/c1-14(2,3)12-11(8-22)13(16)21(20-12)10-6-4-9(5-7-10)15(17,18)19/h4-7,22H,8H2,1-3H3. The Kier molecular flexibility index (Phi) is 4.28. The normalized spacial score (nSPS) is 12.7. The molecule has 0 amide bonds. The molecule has 0 bridgehead atoms. The summed E-state index contributed by atoms with van der Waals surface area (Å²) in [6, 6.07) is 4.55. The van der Waals surface area contributed by atoms with Crippen LogP contribution in [-0.2, 0) is 18.2 Å². The van der Waals surface area contributed by atoms with Crippen LogP contribution in [0, 0.1) is 0 Å². The fourth-order valence-electron chi connectivity index (χ4n) is 2.14. The van der Waals surface area contributed by atoms with E-state index in [1.807, 2.05) is 20.8 Å². The molecule has 7 heteroatoms. The minimum atomic E-state index is -4.39. The van der Waals surface area contributed by atoms with Crippen LogP contribution >= 0.6 is 11.6 Å². The summed E-state index contributed by atoms with van der Waals surface area (Å²) in [5.41, 5.74) is 0.411. The molecule has 0 fully saturated rings. The van der Waals surface area contributed by atoms with Crippen molar-refractivity contribution < 1.29 is 18.3 Å². The fourth-order valence-corrected chi connectivity index (χ4v) is 2.42. The summed E-state index contributed by atoms with van der Waals surface area (Å²) in [6.07, 6.45) is -4.39. The summed E-state index contributed by atoms with van der Waals surface area (Å²) in [5, 5.41) is 14.0. The molecule has 1 heterocycles. The molecule has 1 N–H and O–H groups in total. The van der Waals surface area contributed by atoms with Crippen LogP contribution in [-0.4, -0.2) is 14.9 Å². The molecule has 0 saturated carbocycles. The Labute approximate surface area is 131 Å². The van der Waals surface area contributed by atoms with Gasteiger partial charge in [-0.3, -0.25) is 0 Å². The van der Waals surface area contributed by atoms with Crippen molar-refractivity contribution in [2.24, 2.45) is 0 Å². The van der Waals surface area contributed by atoms with Gasteiger partial charge in [-0.15, -0.1) is 0 Å². The Morgan fingerprint density at radius 2 is 1.68 bits per heavy atom. The summed E-state index contributed by atoms with van der Waals surface area (Å²) in [6.45, 7) is 5.47. The first kappa shape index (κ1) is 16.8. The summed E-state index contributed by atoms with van der Waals surface area (Å²) < 4.78 is 39.1. The van der Waals surface area contributed by atoms with Gasteiger partial charge in [-0.2, -0.15) is 18.3 Å². The second-order valence-corrected chi connectivity index (χ2v) is 6.34. The Bertz CT molecular complexity index is 670. The first-order valence-corrected chi connectivity index (χ1v) is 7.00. The van der Waals surface area contributed by atoms with Crippen molar-refractivity contribution in [2.45, 2.75) is 39.0 Å². The van der Waals surface area contributed by atoms with Crippen LogP contribution < -0.4 is 0 Å². The molecule has 2 aromatic rings. The quantitative estimate of drug-likeness (QED) is 0.888. The topological polar surface area (TPSA) is 38.0 Å². The van der Waals surface area contributed by atoms with Crippen molar-refractivity contribution in [3.05, 3.63) is 46.2 Å². The zero-order chi connectivity index (χ0) is 16.7. The molecule has 1 aromatic carbocycles. The molecule has 0 radical (unpaired) electrons. The highest BCUT2D eigenvalue weighted by Crippen LogP contribution is 2.33. The summed E-state index contributed by atoms with van der Waals surface area (Å²) in [5.74, 6) is 0. The number of nitrogens with zero attached hydrogens (tertiary/aromatic N) is 2. The van der Waals surface area contributed by atoms with Crippen LogP contribution in [0.15, 0.2) is 24.3 Å². The van der Waals surface area contributed by atoms with Crippen LogP contribution in [0.1, 0.15) is 37.6 Å². The number of benzene rings is 1. The van der Waals surface area contributed by atoms with Gasteiger partial charge in [0.2, 0.25) is 0 Å². The monoisotopic (exact) mass is 332 g/mol. The smallest absolute Gasteiger partial charge is 0.391 e. The van der Waals surface area contributed by atoms with Crippen molar-refractivity contribution in [3.8, 4) is 5.69 Å². The third-order valence-corrected chi connectivity index (χ3v) is 3.62. The van der Waals surface area contributed by atoms with Gasteiger partial charge in [0.05, 0.1) is 23.6 Å². The number of halogens is 4. The Morgan fingerprint density at radius 3 is 2.05 bits per heavy atom. The lowest BCUT2D eigenvalue weighted by Crippen LogP contribution is -2.15. The van der Waals surface area contributed by atoms with E-state index in [0.29, 0.717) is 16.9 Å². The molecule has 0 unspecified atom stereocenters. The Balaban J connectivity index is 2.52. The predicted octanol–water partition coefficient (Wildman–Crippen LogP) is 4.33. The number of alkyl halides is 3. The Morgan fingerprint density at radius 1 is 1.14 bits per heavy atom. The van der Waals surface area contributed by atoms with Gasteiger partial charge in [0.25, 0.3) is 0 Å². The van der Waals surface area contributed by atoms with Gasteiger partial charge in [0, 0.05) is 11.0 Å². The molecule has 0 aliphatic rings. The second-order valence-electron chi connectivity index (χ2n) is 5.98. The van der Waals surface area contributed by atoms with Gasteiger partial charge in [-0.25, -0.2) is 4.68 Å². The Hall–Kier alpha value is -1.53. The number of aromatic nitrogens is 2. The number of hydrogen-bond acceptors (Lipinski definition) is 2. The lowest BCUT2D eigenvalue weighted by Gasteiger charge is -2.16. The summed E-state index contributed by atoms with van der Waals surface area (Å²) in [7, 11) is 0. The van der Waals surface area contributed by atoms with E-state index in [-0.39, 0.29) is 17.2 Å². The van der Waals surface area contributed by atoms with Crippen molar-refractivity contribution in [2.75, 3.05) is 0 Å². The van der Waals surface area contributed by atoms with Gasteiger partial charge < -0.3 is 5.11 Å². The van der Waals surface area contributed by atoms with E-state index in [1.165, 1.54) is 16.8 Å². The van der Waals surface area contributed by atoms with Crippen molar-refractivity contribution in [3.63, 3.8) is 0 Å². The molecule has 2 rings (SSSR count). The van der Waals surface area contributed by atoms with Gasteiger partial charge in [-0.05, 0) is 24.3 Å². The molecular formula is C15H16ClF3N2O. The second kappa shape index (κ2) is 5.59. The van der Waals surface area contributed by atoms with Gasteiger partial charge in [0.1, 0.15) is 5.15 Å². The molecule has 0 aliphatic carbocycles. The predicted molar refractivity (Wildman–Crippen MR) is 78.2 cm³/mol. The average molecular weight is 333 g/mol. The van der Waals surface area contributed by atoms with Crippen LogP contribution in [0.3, 0.4) is 0 Å². The molecule has 22 heavy (non-hydrogen) atoms. The van der Waals surface area contributed by atoms with Crippen molar-refractivity contribution >= 4 is 11.6 Å². The van der Waals surface area contributed by atoms with E-state index < -0.39 is 11.7 Å². The van der Waals surface area contributed by atoms with Gasteiger partial charge in [0.15, 0.2) is 0 Å². The number of aliphatic hydroxyl groups is 1. The molecule has 0 atom stereocenters. The zero-order valence-electron chi connectivity index (χ0n) is 12.4. The molecule has 0 saturated heterocycles. The first-order valence-electron chi connectivity index (χ1n) is 6.62. The maximum absolute atomic E-state index is 12.6. The van der Waals surface area contributed by atoms with Gasteiger partial charge >= 0.3 is 6.18 Å². The van der Waals surface area contributed by atoms with E-state index in [2.05, 4.69) is 5.10 Å². The lowest BCUT2D eigenvalue weighted by atomic mass is 9.90. The first-order chi connectivity index (χ1) is 10.1. The van der Waals surface area contributed by atoms with Crippen molar-refractivity contribution in [1.29, 1.82) is 0 Å². The molecule has 0 aliphatic heterocycles. The number of hydrogen-bond donors (Lipinski definition) is 1. The largest absolute Gasteiger partial charge is 0.416 e. The molecular weight excluding hydrogens is 317 g/mol.